The molecule has 0 amide bonds. The summed E-state index contributed by atoms with van der Waals surface area (Å²) in [5, 5.41) is 9.59. The van der Waals surface area contributed by atoms with Gasteiger partial charge in [0.15, 0.2) is 0 Å². The molecule has 1 saturated carbocycles. The van der Waals surface area contributed by atoms with Crippen molar-refractivity contribution in [3.63, 3.8) is 0 Å². The van der Waals surface area contributed by atoms with Crippen LogP contribution in [0.4, 0.5) is 0 Å². The molecule has 1 aromatic rings. The van der Waals surface area contributed by atoms with Crippen LogP contribution in [0.3, 0.4) is 0 Å². The summed E-state index contributed by atoms with van der Waals surface area (Å²) < 4.78 is 0. The molecule has 1 aliphatic rings. The van der Waals surface area contributed by atoms with Gasteiger partial charge >= 0.3 is 0 Å². The fourth-order valence-corrected chi connectivity index (χ4v) is 2.98. The Kier molecular flexibility index (Phi) is 4.57. The SMILES string of the molecule is CN(Cc1ccccc1)[C@H](CO)C1CCCC1. The van der Waals surface area contributed by atoms with Crippen molar-refractivity contribution in [3.05, 3.63) is 35.9 Å². The summed E-state index contributed by atoms with van der Waals surface area (Å²) in [7, 11) is 2.13. The Bertz CT molecular complexity index is 319. The summed E-state index contributed by atoms with van der Waals surface area (Å²) in [5.74, 6) is 0.689. The van der Waals surface area contributed by atoms with E-state index < -0.39 is 0 Å². The second-order valence-corrected chi connectivity index (χ2v) is 5.20. The minimum Gasteiger partial charge on any atom is -0.395 e. The third-order valence-electron chi connectivity index (χ3n) is 3.97. The van der Waals surface area contributed by atoms with Crippen LogP contribution >= 0.6 is 0 Å². The molecule has 0 heterocycles. The number of aliphatic hydroxyl groups excluding tert-OH is 1. The van der Waals surface area contributed by atoms with E-state index in [2.05, 4.69) is 36.2 Å². The molecule has 0 saturated heterocycles. The van der Waals surface area contributed by atoms with E-state index in [9.17, 15) is 5.11 Å². The molecular formula is C15H23NO. The highest BCUT2D eigenvalue weighted by Gasteiger charge is 2.27. The van der Waals surface area contributed by atoms with Crippen LogP contribution in [0.15, 0.2) is 30.3 Å². The fourth-order valence-electron chi connectivity index (χ4n) is 2.98. The Balaban J connectivity index is 1.95. The van der Waals surface area contributed by atoms with Crippen LogP contribution in [0, 0.1) is 5.92 Å². The third-order valence-corrected chi connectivity index (χ3v) is 3.97. The fraction of sp³-hybridized carbons (Fsp3) is 0.600. The molecule has 1 fully saturated rings. The third kappa shape index (κ3) is 3.30. The first-order chi connectivity index (χ1) is 8.31. The second kappa shape index (κ2) is 6.18. The lowest BCUT2D eigenvalue weighted by Crippen LogP contribution is -2.39. The highest BCUT2D eigenvalue weighted by atomic mass is 16.3. The second-order valence-electron chi connectivity index (χ2n) is 5.20. The van der Waals surface area contributed by atoms with E-state index in [-0.39, 0.29) is 6.61 Å². The summed E-state index contributed by atoms with van der Waals surface area (Å²) in [6, 6.07) is 10.8. The molecule has 2 rings (SSSR count). The van der Waals surface area contributed by atoms with Crippen LogP contribution in [0.25, 0.3) is 0 Å². The van der Waals surface area contributed by atoms with E-state index in [0.717, 1.165) is 6.54 Å². The van der Waals surface area contributed by atoms with Crippen molar-refractivity contribution in [2.24, 2.45) is 5.92 Å². The van der Waals surface area contributed by atoms with Gasteiger partial charge in [-0.05, 0) is 31.4 Å². The number of likely N-dealkylation sites (N-methyl/N-ethyl adjacent to an activating group) is 1. The van der Waals surface area contributed by atoms with Crippen molar-refractivity contribution in [1.82, 2.24) is 4.90 Å². The summed E-state index contributed by atoms with van der Waals surface area (Å²) in [6.45, 7) is 1.22. The molecule has 94 valence electrons. The molecule has 2 heteroatoms. The summed E-state index contributed by atoms with van der Waals surface area (Å²) in [6.07, 6.45) is 5.23. The monoisotopic (exact) mass is 233 g/mol. The molecule has 0 spiro atoms. The van der Waals surface area contributed by atoms with Gasteiger partial charge in [-0.3, -0.25) is 4.90 Å². The minimum atomic E-state index is 0.286. The van der Waals surface area contributed by atoms with Crippen LogP contribution < -0.4 is 0 Å². The Morgan fingerprint density at radius 2 is 1.88 bits per heavy atom. The number of rotatable bonds is 5. The topological polar surface area (TPSA) is 23.5 Å². The predicted molar refractivity (Wildman–Crippen MR) is 70.7 cm³/mol. The molecule has 0 radical (unpaired) electrons. The van der Waals surface area contributed by atoms with Crippen molar-refractivity contribution in [1.29, 1.82) is 0 Å². The van der Waals surface area contributed by atoms with Gasteiger partial charge in [0.2, 0.25) is 0 Å². The van der Waals surface area contributed by atoms with E-state index in [1.165, 1.54) is 31.2 Å². The van der Waals surface area contributed by atoms with Gasteiger partial charge in [-0.15, -0.1) is 0 Å². The van der Waals surface area contributed by atoms with Gasteiger partial charge in [-0.2, -0.15) is 0 Å². The average Bonchev–Trinajstić information content (AvgIpc) is 2.85. The van der Waals surface area contributed by atoms with Gasteiger partial charge in [0.1, 0.15) is 0 Å². The largest absolute Gasteiger partial charge is 0.395 e. The van der Waals surface area contributed by atoms with Crippen molar-refractivity contribution in [2.75, 3.05) is 13.7 Å². The molecule has 0 bridgehead atoms. The van der Waals surface area contributed by atoms with Crippen molar-refractivity contribution >= 4 is 0 Å². The van der Waals surface area contributed by atoms with Crippen molar-refractivity contribution < 1.29 is 5.11 Å². The maximum atomic E-state index is 9.59. The van der Waals surface area contributed by atoms with Gasteiger partial charge in [-0.25, -0.2) is 0 Å². The van der Waals surface area contributed by atoms with E-state index in [4.69, 9.17) is 0 Å². The lowest BCUT2D eigenvalue weighted by Gasteiger charge is -2.31. The molecule has 0 unspecified atom stereocenters. The lowest BCUT2D eigenvalue weighted by atomic mass is 9.97. The minimum absolute atomic E-state index is 0.286. The average molecular weight is 233 g/mol. The van der Waals surface area contributed by atoms with Gasteiger partial charge in [0.05, 0.1) is 6.61 Å². The molecule has 1 aromatic carbocycles. The molecule has 1 N–H and O–H groups in total. The van der Waals surface area contributed by atoms with Crippen LogP contribution in [-0.4, -0.2) is 29.7 Å². The Morgan fingerprint density at radius 3 is 2.47 bits per heavy atom. The van der Waals surface area contributed by atoms with E-state index >= 15 is 0 Å². The van der Waals surface area contributed by atoms with Crippen LogP contribution in [0.5, 0.6) is 0 Å². The summed E-state index contributed by atoms with van der Waals surface area (Å²) >= 11 is 0. The number of aliphatic hydroxyl groups is 1. The maximum absolute atomic E-state index is 9.59. The van der Waals surface area contributed by atoms with Crippen LogP contribution in [-0.2, 0) is 6.54 Å². The van der Waals surface area contributed by atoms with Crippen LogP contribution in [0.1, 0.15) is 31.2 Å². The van der Waals surface area contributed by atoms with Gasteiger partial charge in [-0.1, -0.05) is 43.2 Å². The zero-order valence-electron chi connectivity index (χ0n) is 10.7. The maximum Gasteiger partial charge on any atom is 0.0589 e. The first kappa shape index (κ1) is 12.6. The number of hydrogen-bond acceptors (Lipinski definition) is 2. The predicted octanol–water partition coefficient (Wildman–Crippen LogP) is 2.67. The highest BCUT2D eigenvalue weighted by molar-refractivity contribution is 5.14. The molecule has 0 aliphatic heterocycles. The first-order valence-electron chi connectivity index (χ1n) is 6.66. The van der Waals surface area contributed by atoms with E-state index in [1.54, 1.807) is 0 Å². The molecule has 1 aliphatic carbocycles. The van der Waals surface area contributed by atoms with Gasteiger partial charge < -0.3 is 5.11 Å². The first-order valence-corrected chi connectivity index (χ1v) is 6.66. The standard InChI is InChI=1S/C15H23NO/c1-16(11-13-7-3-2-4-8-13)15(12-17)14-9-5-6-10-14/h2-4,7-8,14-15,17H,5-6,9-12H2,1H3/t15-/m1/s1. The highest BCUT2D eigenvalue weighted by Crippen LogP contribution is 2.30. The molecule has 1 atom stereocenters. The number of hydrogen-bond donors (Lipinski definition) is 1. The van der Waals surface area contributed by atoms with Gasteiger partial charge in [0.25, 0.3) is 0 Å². The summed E-state index contributed by atoms with van der Waals surface area (Å²) in [4.78, 5) is 2.31. The molecule has 2 nitrogen and oxygen atoms in total. The van der Waals surface area contributed by atoms with Crippen molar-refractivity contribution in [2.45, 2.75) is 38.3 Å². The van der Waals surface area contributed by atoms with Crippen LogP contribution in [0.2, 0.25) is 0 Å². The van der Waals surface area contributed by atoms with E-state index in [1.807, 2.05) is 6.07 Å². The Morgan fingerprint density at radius 1 is 1.24 bits per heavy atom. The lowest BCUT2D eigenvalue weighted by molar-refractivity contribution is 0.0971. The zero-order valence-corrected chi connectivity index (χ0v) is 10.7. The molecular weight excluding hydrogens is 210 g/mol. The normalized spacial score (nSPS) is 18.8. The Labute approximate surface area is 104 Å². The van der Waals surface area contributed by atoms with Gasteiger partial charge in [0, 0.05) is 12.6 Å². The zero-order chi connectivity index (χ0) is 12.1. The van der Waals surface area contributed by atoms with Crippen molar-refractivity contribution in [3.8, 4) is 0 Å². The molecule has 17 heavy (non-hydrogen) atoms. The van der Waals surface area contributed by atoms with E-state index in [0.29, 0.717) is 12.0 Å². The quantitative estimate of drug-likeness (QED) is 0.845. The smallest absolute Gasteiger partial charge is 0.0589 e. The number of nitrogens with zero attached hydrogens (tertiary/aromatic N) is 1. The summed E-state index contributed by atoms with van der Waals surface area (Å²) in [5.41, 5.74) is 1.33. The number of benzene rings is 1. The molecule has 0 aromatic heterocycles. The Hall–Kier alpha value is -0.860.